The van der Waals surface area contributed by atoms with E-state index in [1.807, 2.05) is 25.2 Å². The lowest BCUT2D eigenvalue weighted by Gasteiger charge is -2.17. The molecule has 114 valence electrons. The van der Waals surface area contributed by atoms with E-state index in [1.54, 1.807) is 0 Å². The van der Waals surface area contributed by atoms with E-state index in [9.17, 15) is 0 Å². The van der Waals surface area contributed by atoms with Gasteiger partial charge in [-0.15, -0.1) is 0 Å². The Morgan fingerprint density at radius 1 is 1.19 bits per heavy atom. The molecule has 1 N–H and O–H groups in total. The van der Waals surface area contributed by atoms with E-state index < -0.39 is 0 Å². The average Bonchev–Trinajstić information content (AvgIpc) is 2.90. The second-order valence-electron chi connectivity index (χ2n) is 5.02. The van der Waals surface area contributed by atoms with Crippen molar-refractivity contribution in [3.05, 3.63) is 51.3 Å². The molecule has 1 heterocycles. The van der Waals surface area contributed by atoms with Gasteiger partial charge in [0.25, 0.3) is 0 Å². The quantitative estimate of drug-likeness (QED) is 0.859. The third kappa shape index (κ3) is 3.79. The van der Waals surface area contributed by atoms with Gasteiger partial charge in [0.15, 0.2) is 0 Å². The van der Waals surface area contributed by atoms with Crippen molar-refractivity contribution in [2.75, 3.05) is 7.05 Å². The predicted molar refractivity (Wildman–Crippen MR) is 89.2 cm³/mol. The first-order valence-electron chi connectivity index (χ1n) is 7.26. The van der Waals surface area contributed by atoms with Gasteiger partial charge in [-0.2, -0.15) is 5.10 Å². The van der Waals surface area contributed by atoms with Gasteiger partial charge in [0.05, 0.1) is 15.7 Å². The Balaban J connectivity index is 2.26. The molecule has 1 aromatic heterocycles. The number of likely N-dealkylation sites (N-methyl/N-ethyl adjacent to an activating group) is 1. The predicted octanol–water partition coefficient (Wildman–Crippen LogP) is 4.28. The summed E-state index contributed by atoms with van der Waals surface area (Å²) in [4.78, 5) is 0. The van der Waals surface area contributed by atoms with Gasteiger partial charge < -0.3 is 5.32 Å². The lowest BCUT2D eigenvalue weighted by molar-refractivity contribution is 0.540. The topological polar surface area (TPSA) is 29.9 Å². The fraction of sp³-hybridized carbons (Fsp3) is 0.438. The van der Waals surface area contributed by atoms with Gasteiger partial charge in [0.1, 0.15) is 0 Å². The highest BCUT2D eigenvalue weighted by molar-refractivity contribution is 6.42. The van der Waals surface area contributed by atoms with Crippen molar-refractivity contribution in [1.82, 2.24) is 15.1 Å². The average molecular weight is 326 g/mol. The Morgan fingerprint density at radius 3 is 2.52 bits per heavy atom. The highest BCUT2D eigenvalue weighted by Gasteiger charge is 2.15. The molecule has 0 bridgehead atoms. The molecule has 0 saturated heterocycles. The zero-order valence-electron chi connectivity index (χ0n) is 12.7. The summed E-state index contributed by atoms with van der Waals surface area (Å²) in [6, 6.07) is 8.16. The molecular weight excluding hydrogens is 305 g/mol. The van der Waals surface area contributed by atoms with Crippen LogP contribution in [0.2, 0.25) is 10.0 Å². The van der Waals surface area contributed by atoms with Crippen LogP contribution in [-0.4, -0.2) is 16.8 Å². The third-order valence-corrected chi connectivity index (χ3v) is 4.42. The zero-order valence-corrected chi connectivity index (χ0v) is 14.2. The van der Waals surface area contributed by atoms with Crippen LogP contribution in [0.1, 0.15) is 36.8 Å². The summed E-state index contributed by atoms with van der Waals surface area (Å²) in [6.45, 7) is 5.12. The molecule has 0 aliphatic carbocycles. The Hall–Kier alpha value is -1.03. The maximum atomic E-state index is 6.13. The molecule has 1 unspecified atom stereocenters. The van der Waals surface area contributed by atoms with E-state index in [-0.39, 0.29) is 6.04 Å². The standard InChI is InChI=1S/C16H21Cl2N3/c1-4-12-9-13(21(5-2)20-12)10-16(19-3)11-6-7-14(17)15(18)8-11/h6-9,16,19H,4-5,10H2,1-3H3. The zero-order chi connectivity index (χ0) is 15.4. The molecule has 5 heteroatoms. The first-order chi connectivity index (χ1) is 10.1. The van der Waals surface area contributed by atoms with E-state index >= 15 is 0 Å². The lowest BCUT2D eigenvalue weighted by atomic mass is 10.0. The van der Waals surface area contributed by atoms with Crippen LogP contribution in [0.5, 0.6) is 0 Å². The molecule has 1 atom stereocenters. The molecule has 0 spiro atoms. The summed E-state index contributed by atoms with van der Waals surface area (Å²) < 4.78 is 2.07. The number of aromatic nitrogens is 2. The van der Waals surface area contributed by atoms with E-state index in [0.29, 0.717) is 10.0 Å². The highest BCUT2D eigenvalue weighted by Crippen LogP contribution is 2.27. The monoisotopic (exact) mass is 325 g/mol. The van der Waals surface area contributed by atoms with Crippen molar-refractivity contribution >= 4 is 23.2 Å². The van der Waals surface area contributed by atoms with Crippen LogP contribution in [0.3, 0.4) is 0 Å². The minimum absolute atomic E-state index is 0.187. The smallest absolute Gasteiger partial charge is 0.0624 e. The molecule has 0 amide bonds. The van der Waals surface area contributed by atoms with Crippen molar-refractivity contribution in [2.24, 2.45) is 0 Å². The molecule has 2 rings (SSSR count). The number of hydrogen-bond acceptors (Lipinski definition) is 2. The van der Waals surface area contributed by atoms with Crippen LogP contribution < -0.4 is 5.32 Å². The number of rotatable bonds is 6. The van der Waals surface area contributed by atoms with Gasteiger partial charge in [-0.25, -0.2) is 0 Å². The molecule has 3 nitrogen and oxygen atoms in total. The summed E-state index contributed by atoms with van der Waals surface area (Å²) in [5.41, 5.74) is 3.50. The van der Waals surface area contributed by atoms with Crippen LogP contribution in [0.15, 0.2) is 24.3 Å². The van der Waals surface area contributed by atoms with Crippen molar-refractivity contribution in [3.63, 3.8) is 0 Å². The molecule has 21 heavy (non-hydrogen) atoms. The number of nitrogens with one attached hydrogen (secondary N) is 1. The van der Waals surface area contributed by atoms with Crippen LogP contribution in [0.25, 0.3) is 0 Å². The van der Waals surface area contributed by atoms with Crippen molar-refractivity contribution in [1.29, 1.82) is 0 Å². The fourth-order valence-corrected chi connectivity index (χ4v) is 2.76. The largest absolute Gasteiger partial charge is 0.313 e. The van der Waals surface area contributed by atoms with Gasteiger partial charge >= 0.3 is 0 Å². The second-order valence-corrected chi connectivity index (χ2v) is 5.83. The van der Waals surface area contributed by atoms with Crippen molar-refractivity contribution in [3.8, 4) is 0 Å². The minimum Gasteiger partial charge on any atom is -0.313 e. The minimum atomic E-state index is 0.187. The van der Waals surface area contributed by atoms with Gasteiger partial charge in [0, 0.05) is 24.7 Å². The summed E-state index contributed by atoms with van der Waals surface area (Å²) in [6.07, 6.45) is 1.83. The van der Waals surface area contributed by atoms with Gasteiger partial charge in [-0.3, -0.25) is 4.68 Å². The van der Waals surface area contributed by atoms with Crippen LogP contribution >= 0.6 is 23.2 Å². The number of halogens is 2. The van der Waals surface area contributed by atoms with E-state index in [4.69, 9.17) is 23.2 Å². The van der Waals surface area contributed by atoms with Crippen molar-refractivity contribution in [2.45, 2.75) is 39.3 Å². The first kappa shape index (κ1) is 16.3. The number of aryl methyl sites for hydroxylation is 2. The summed E-state index contributed by atoms with van der Waals surface area (Å²) in [7, 11) is 1.96. The third-order valence-electron chi connectivity index (χ3n) is 3.68. The lowest BCUT2D eigenvalue weighted by Crippen LogP contribution is -2.20. The highest BCUT2D eigenvalue weighted by atomic mass is 35.5. The van der Waals surface area contributed by atoms with E-state index in [2.05, 4.69) is 35.0 Å². The Morgan fingerprint density at radius 2 is 1.95 bits per heavy atom. The number of benzene rings is 1. The first-order valence-corrected chi connectivity index (χ1v) is 8.02. The molecule has 0 fully saturated rings. The van der Waals surface area contributed by atoms with Crippen LogP contribution in [0, 0.1) is 0 Å². The Labute approximate surface area is 136 Å². The maximum Gasteiger partial charge on any atom is 0.0624 e. The second kappa shape index (κ2) is 7.30. The van der Waals surface area contributed by atoms with Gasteiger partial charge in [-0.05, 0) is 44.2 Å². The molecule has 0 aliphatic heterocycles. The summed E-state index contributed by atoms with van der Waals surface area (Å²) >= 11 is 12.1. The van der Waals surface area contributed by atoms with E-state index in [1.165, 1.54) is 5.69 Å². The molecule has 0 saturated carbocycles. The Kier molecular flexibility index (Phi) is 5.68. The normalized spacial score (nSPS) is 12.6. The SMILES string of the molecule is CCc1cc(CC(NC)c2ccc(Cl)c(Cl)c2)n(CC)n1. The van der Waals surface area contributed by atoms with E-state index in [0.717, 1.165) is 30.6 Å². The number of nitrogens with zero attached hydrogens (tertiary/aromatic N) is 2. The molecular formula is C16H21Cl2N3. The van der Waals surface area contributed by atoms with Crippen molar-refractivity contribution < 1.29 is 0 Å². The fourth-order valence-electron chi connectivity index (χ4n) is 2.45. The summed E-state index contributed by atoms with van der Waals surface area (Å²) in [5, 5.41) is 9.13. The van der Waals surface area contributed by atoms with Crippen LogP contribution in [-0.2, 0) is 19.4 Å². The molecule has 1 aromatic carbocycles. The maximum absolute atomic E-state index is 6.13. The molecule has 0 radical (unpaired) electrons. The number of hydrogen-bond donors (Lipinski definition) is 1. The van der Waals surface area contributed by atoms with Gasteiger partial charge in [-0.1, -0.05) is 36.2 Å². The molecule has 2 aromatic rings. The van der Waals surface area contributed by atoms with Gasteiger partial charge in [0.2, 0.25) is 0 Å². The van der Waals surface area contributed by atoms with Crippen LogP contribution in [0.4, 0.5) is 0 Å². The molecule has 0 aliphatic rings. The summed E-state index contributed by atoms with van der Waals surface area (Å²) in [5.74, 6) is 0. The Bertz CT molecular complexity index is 608.